The Balaban J connectivity index is 1.77. The molecule has 1 aliphatic heterocycles. The molecule has 0 fully saturated rings. The van der Waals surface area contributed by atoms with E-state index in [-0.39, 0.29) is 12.7 Å². The van der Waals surface area contributed by atoms with Gasteiger partial charge in [-0.25, -0.2) is 0 Å². The summed E-state index contributed by atoms with van der Waals surface area (Å²) in [5, 5.41) is 9.18. The monoisotopic (exact) mass is 281 g/mol. The molecule has 0 aromatic heterocycles. The summed E-state index contributed by atoms with van der Waals surface area (Å²) >= 11 is 5.14. The van der Waals surface area contributed by atoms with Crippen molar-refractivity contribution < 1.29 is 14.3 Å². The highest BCUT2D eigenvalue weighted by molar-refractivity contribution is 7.80. The molecule has 0 saturated heterocycles. The second kappa shape index (κ2) is 6.24. The lowest BCUT2D eigenvalue weighted by molar-refractivity contribution is -0.118. The SMILES string of the molecule is CC(=O)NCCNC(=S)Nc1ccc2c(c1)OCO2. The van der Waals surface area contributed by atoms with Crippen LogP contribution in [0.4, 0.5) is 5.69 Å². The van der Waals surface area contributed by atoms with Crippen molar-refractivity contribution in [2.75, 3.05) is 25.2 Å². The van der Waals surface area contributed by atoms with Crippen LogP contribution >= 0.6 is 12.2 Å². The zero-order chi connectivity index (χ0) is 13.7. The molecule has 102 valence electrons. The van der Waals surface area contributed by atoms with Gasteiger partial charge in [-0.3, -0.25) is 4.79 Å². The molecular weight excluding hydrogens is 266 g/mol. The molecule has 1 amide bonds. The molecule has 0 atom stereocenters. The molecule has 0 aliphatic carbocycles. The third kappa shape index (κ3) is 3.99. The normalized spacial score (nSPS) is 11.8. The van der Waals surface area contributed by atoms with Gasteiger partial charge in [0.2, 0.25) is 12.7 Å². The van der Waals surface area contributed by atoms with E-state index in [1.165, 1.54) is 6.92 Å². The van der Waals surface area contributed by atoms with Crippen molar-refractivity contribution >= 4 is 28.9 Å². The lowest BCUT2D eigenvalue weighted by atomic mass is 10.3. The zero-order valence-corrected chi connectivity index (χ0v) is 11.3. The molecule has 1 heterocycles. The molecule has 0 saturated carbocycles. The first-order chi connectivity index (χ1) is 9.15. The Morgan fingerprint density at radius 1 is 1.26 bits per heavy atom. The number of carbonyl (C=O) groups is 1. The molecule has 0 bridgehead atoms. The van der Waals surface area contributed by atoms with Crippen LogP contribution in [0.2, 0.25) is 0 Å². The number of amides is 1. The number of hydrogen-bond donors (Lipinski definition) is 3. The molecule has 3 N–H and O–H groups in total. The first kappa shape index (κ1) is 13.4. The van der Waals surface area contributed by atoms with E-state index in [9.17, 15) is 4.79 Å². The molecule has 1 aromatic carbocycles. The Hall–Kier alpha value is -2.02. The van der Waals surface area contributed by atoms with Gasteiger partial charge in [0.25, 0.3) is 0 Å². The fraction of sp³-hybridized carbons (Fsp3) is 0.333. The summed E-state index contributed by atoms with van der Waals surface area (Å²) in [4.78, 5) is 10.7. The van der Waals surface area contributed by atoms with Crippen molar-refractivity contribution in [1.29, 1.82) is 0 Å². The van der Waals surface area contributed by atoms with E-state index in [4.69, 9.17) is 21.7 Å². The Kier molecular flexibility index (Phi) is 4.40. The molecule has 19 heavy (non-hydrogen) atoms. The van der Waals surface area contributed by atoms with E-state index in [1.807, 2.05) is 18.2 Å². The average molecular weight is 281 g/mol. The summed E-state index contributed by atoms with van der Waals surface area (Å²) in [6, 6.07) is 5.50. The number of fused-ring (bicyclic) bond motifs is 1. The number of rotatable bonds is 4. The number of ether oxygens (including phenoxy) is 2. The smallest absolute Gasteiger partial charge is 0.231 e. The van der Waals surface area contributed by atoms with E-state index in [1.54, 1.807) is 0 Å². The van der Waals surface area contributed by atoms with Gasteiger partial charge in [0.1, 0.15) is 0 Å². The molecule has 1 aromatic rings. The van der Waals surface area contributed by atoms with Crippen LogP contribution in [-0.2, 0) is 4.79 Å². The van der Waals surface area contributed by atoms with Crippen LogP contribution in [0.25, 0.3) is 0 Å². The minimum atomic E-state index is -0.0588. The average Bonchev–Trinajstić information content (AvgIpc) is 2.82. The van der Waals surface area contributed by atoms with Crippen molar-refractivity contribution in [2.24, 2.45) is 0 Å². The fourth-order valence-electron chi connectivity index (χ4n) is 1.56. The first-order valence-electron chi connectivity index (χ1n) is 5.84. The third-order valence-electron chi connectivity index (χ3n) is 2.41. The van der Waals surface area contributed by atoms with Gasteiger partial charge in [0.15, 0.2) is 16.6 Å². The number of anilines is 1. The second-order valence-electron chi connectivity index (χ2n) is 3.93. The van der Waals surface area contributed by atoms with E-state index in [0.717, 1.165) is 11.4 Å². The molecule has 0 radical (unpaired) electrons. The highest BCUT2D eigenvalue weighted by Crippen LogP contribution is 2.34. The number of thiocarbonyl (C=S) groups is 1. The van der Waals surface area contributed by atoms with Gasteiger partial charge in [-0.05, 0) is 24.4 Å². The van der Waals surface area contributed by atoms with E-state index < -0.39 is 0 Å². The summed E-state index contributed by atoms with van der Waals surface area (Å²) in [6.45, 7) is 2.82. The maximum atomic E-state index is 10.7. The van der Waals surface area contributed by atoms with Crippen molar-refractivity contribution in [3.8, 4) is 11.5 Å². The van der Waals surface area contributed by atoms with Gasteiger partial charge in [0.05, 0.1) is 0 Å². The topological polar surface area (TPSA) is 71.6 Å². The number of benzene rings is 1. The van der Waals surface area contributed by atoms with Crippen molar-refractivity contribution in [2.45, 2.75) is 6.92 Å². The standard InChI is InChI=1S/C12H15N3O3S/c1-8(16)13-4-5-14-12(19)15-9-2-3-10-11(6-9)18-7-17-10/h2-3,6H,4-5,7H2,1H3,(H,13,16)(H2,14,15,19). The number of nitrogens with one attached hydrogen (secondary N) is 3. The molecule has 6 nitrogen and oxygen atoms in total. The maximum Gasteiger partial charge on any atom is 0.231 e. The summed E-state index contributed by atoms with van der Waals surface area (Å²) in [5.74, 6) is 1.37. The predicted molar refractivity (Wildman–Crippen MR) is 75.5 cm³/mol. The molecule has 0 spiro atoms. The lowest BCUT2D eigenvalue weighted by Crippen LogP contribution is -2.35. The summed E-state index contributed by atoms with van der Waals surface area (Å²) in [6.07, 6.45) is 0. The first-order valence-corrected chi connectivity index (χ1v) is 6.25. The number of hydrogen-bond acceptors (Lipinski definition) is 4. The van der Waals surface area contributed by atoms with Crippen LogP contribution in [0.15, 0.2) is 18.2 Å². The molecule has 1 aliphatic rings. The molecule has 2 rings (SSSR count). The summed E-state index contributed by atoms with van der Waals surface area (Å²) in [5.41, 5.74) is 0.821. The van der Waals surface area contributed by atoms with Crippen LogP contribution < -0.4 is 25.4 Å². The quantitative estimate of drug-likeness (QED) is 0.561. The Morgan fingerprint density at radius 3 is 2.79 bits per heavy atom. The Morgan fingerprint density at radius 2 is 2.00 bits per heavy atom. The lowest BCUT2D eigenvalue weighted by Gasteiger charge is -2.11. The fourth-order valence-corrected chi connectivity index (χ4v) is 1.78. The van der Waals surface area contributed by atoms with Gasteiger partial charge >= 0.3 is 0 Å². The molecule has 7 heteroatoms. The highest BCUT2D eigenvalue weighted by atomic mass is 32.1. The van der Waals surface area contributed by atoms with Crippen molar-refractivity contribution in [1.82, 2.24) is 10.6 Å². The Labute approximate surface area is 116 Å². The third-order valence-corrected chi connectivity index (χ3v) is 2.66. The number of carbonyl (C=O) groups excluding carboxylic acids is 1. The van der Waals surface area contributed by atoms with Gasteiger partial charge in [-0.1, -0.05) is 0 Å². The van der Waals surface area contributed by atoms with Gasteiger partial charge in [-0.2, -0.15) is 0 Å². The van der Waals surface area contributed by atoms with Crippen LogP contribution in [0.1, 0.15) is 6.92 Å². The van der Waals surface area contributed by atoms with Gasteiger partial charge < -0.3 is 25.4 Å². The highest BCUT2D eigenvalue weighted by Gasteiger charge is 2.13. The van der Waals surface area contributed by atoms with Crippen LogP contribution in [0, 0.1) is 0 Å². The van der Waals surface area contributed by atoms with Gasteiger partial charge in [-0.15, -0.1) is 0 Å². The molecule has 0 unspecified atom stereocenters. The Bertz CT molecular complexity index is 493. The van der Waals surface area contributed by atoms with Crippen LogP contribution in [0.3, 0.4) is 0 Å². The van der Waals surface area contributed by atoms with Crippen molar-refractivity contribution in [3.05, 3.63) is 18.2 Å². The minimum absolute atomic E-state index is 0.0588. The van der Waals surface area contributed by atoms with E-state index in [2.05, 4.69) is 16.0 Å². The maximum absolute atomic E-state index is 10.7. The van der Waals surface area contributed by atoms with E-state index in [0.29, 0.717) is 24.0 Å². The predicted octanol–water partition coefficient (Wildman–Crippen LogP) is 0.838. The van der Waals surface area contributed by atoms with Gasteiger partial charge in [0, 0.05) is 31.8 Å². The van der Waals surface area contributed by atoms with Crippen molar-refractivity contribution in [3.63, 3.8) is 0 Å². The summed E-state index contributed by atoms with van der Waals surface area (Å²) in [7, 11) is 0. The zero-order valence-electron chi connectivity index (χ0n) is 10.5. The van der Waals surface area contributed by atoms with E-state index >= 15 is 0 Å². The van der Waals surface area contributed by atoms with Crippen LogP contribution in [-0.4, -0.2) is 30.9 Å². The minimum Gasteiger partial charge on any atom is -0.454 e. The summed E-state index contributed by atoms with van der Waals surface area (Å²) < 4.78 is 10.5. The second-order valence-corrected chi connectivity index (χ2v) is 4.34. The van der Waals surface area contributed by atoms with Crippen LogP contribution in [0.5, 0.6) is 11.5 Å². The molecular formula is C12H15N3O3S. The largest absolute Gasteiger partial charge is 0.454 e.